The van der Waals surface area contributed by atoms with Crippen LogP contribution in [0.2, 0.25) is 0 Å². The Labute approximate surface area is 139 Å². The molecule has 7 nitrogen and oxygen atoms in total. The van der Waals surface area contributed by atoms with Gasteiger partial charge in [0.25, 0.3) is 5.78 Å². The summed E-state index contributed by atoms with van der Waals surface area (Å²) in [6.45, 7) is 3.39. The number of aromatic nitrogens is 6. The number of benzene rings is 1. The van der Waals surface area contributed by atoms with Crippen LogP contribution in [0.4, 0.5) is 5.82 Å². The SMILES string of the molecule is Cc1cc(NCc2ccccc2Cn2cccn2)n2ncnc2n1. The number of hydrogen-bond donors (Lipinski definition) is 1. The first-order valence-electron chi connectivity index (χ1n) is 7.75. The lowest BCUT2D eigenvalue weighted by molar-refractivity contribution is 0.682. The Hall–Kier alpha value is -3.22. The van der Waals surface area contributed by atoms with Crippen molar-refractivity contribution in [2.24, 2.45) is 0 Å². The van der Waals surface area contributed by atoms with Gasteiger partial charge in [-0.2, -0.15) is 19.7 Å². The minimum absolute atomic E-state index is 0.599. The van der Waals surface area contributed by atoms with Gasteiger partial charge >= 0.3 is 0 Å². The first-order chi connectivity index (χ1) is 11.8. The van der Waals surface area contributed by atoms with Gasteiger partial charge in [0.1, 0.15) is 12.1 Å². The molecule has 0 saturated carbocycles. The van der Waals surface area contributed by atoms with Crippen molar-refractivity contribution < 1.29 is 0 Å². The van der Waals surface area contributed by atoms with Crippen molar-refractivity contribution in [1.29, 1.82) is 0 Å². The summed E-state index contributed by atoms with van der Waals surface area (Å²) in [5, 5.41) is 11.9. The molecule has 0 aliphatic rings. The average Bonchev–Trinajstić information content (AvgIpc) is 3.25. The second kappa shape index (κ2) is 6.11. The Morgan fingerprint density at radius 3 is 2.79 bits per heavy atom. The summed E-state index contributed by atoms with van der Waals surface area (Å²) < 4.78 is 3.63. The van der Waals surface area contributed by atoms with Crippen molar-refractivity contribution in [3.05, 3.63) is 71.9 Å². The Bertz CT molecular complexity index is 956. The molecule has 24 heavy (non-hydrogen) atoms. The Kier molecular flexibility index (Phi) is 3.66. The van der Waals surface area contributed by atoms with Crippen LogP contribution in [-0.2, 0) is 13.1 Å². The Morgan fingerprint density at radius 1 is 1.08 bits per heavy atom. The number of nitrogens with zero attached hydrogens (tertiary/aromatic N) is 6. The first-order valence-corrected chi connectivity index (χ1v) is 7.75. The lowest BCUT2D eigenvalue weighted by atomic mass is 10.1. The van der Waals surface area contributed by atoms with Gasteiger partial charge < -0.3 is 5.32 Å². The van der Waals surface area contributed by atoms with Crippen LogP contribution in [0.5, 0.6) is 0 Å². The molecule has 3 aromatic heterocycles. The molecule has 120 valence electrons. The van der Waals surface area contributed by atoms with Crippen LogP contribution < -0.4 is 5.32 Å². The zero-order chi connectivity index (χ0) is 16.4. The summed E-state index contributed by atoms with van der Waals surface area (Å²) in [5.74, 6) is 1.48. The fraction of sp³-hybridized carbons (Fsp3) is 0.176. The molecular weight excluding hydrogens is 302 g/mol. The molecule has 0 bridgehead atoms. The zero-order valence-electron chi connectivity index (χ0n) is 13.3. The van der Waals surface area contributed by atoms with Gasteiger partial charge in [-0.15, -0.1) is 0 Å². The van der Waals surface area contributed by atoms with Crippen molar-refractivity contribution in [2.75, 3.05) is 5.32 Å². The predicted molar refractivity (Wildman–Crippen MR) is 90.6 cm³/mol. The second-order valence-corrected chi connectivity index (χ2v) is 5.58. The molecule has 0 saturated heterocycles. The van der Waals surface area contributed by atoms with Gasteiger partial charge in [-0.3, -0.25) is 4.68 Å². The fourth-order valence-corrected chi connectivity index (χ4v) is 2.70. The van der Waals surface area contributed by atoms with Crippen LogP contribution >= 0.6 is 0 Å². The summed E-state index contributed by atoms with van der Waals surface area (Å²) in [6.07, 6.45) is 5.27. The lowest BCUT2D eigenvalue weighted by Crippen LogP contribution is -2.10. The highest BCUT2D eigenvalue weighted by Gasteiger charge is 2.07. The molecule has 4 aromatic rings. The van der Waals surface area contributed by atoms with Crippen molar-refractivity contribution >= 4 is 11.6 Å². The first kappa shape index (κ1) is 14.4. The van der Waals surface area contributed by atoms with Gasteiger partial charge in [-0.1, -0.05) is 24.3 Å². The normalized spacial score (nSPS) is 11.0. The van der Waals surface area contributed by atoms with Gasteiger partial charge in [0, 0.05) is 30.7 Å². The molecule has 0 aliphatic heterocycles. The average molecular weight is 319 g/mol. The maximum absolute atomic E-state index is 4.36. The lowest BCUT2D eigenvalue weighted by Gasteiger charge is -2.12. The summed E-state index contributed by atoms with van der Waals surface area (Å²) in [5.41, 5.74) is 3.35. The largest absolute Gasteiger partial charge is 0.366 e. The van der Waals surface area contributed by atoms with Crippen molar-refractivity contribution in [2.45, 2.75) is 20.0 Å². The van der Waals surface area contributed by atoms with E-state index in [1.807, 2.05) is 36.0 Å². The van der Waals surface area contributed by atoms with Crippen LogP contribution in [0, 0.1) is 6.92 Å². The van der Waals surface area contributed by atoms with E-state index < -0.39 is 0 Å². The van der Waals surface area contributed by atoms with Crippen molar-refractivity contribution in [3.8, 4) is 0 Å². The van der Waals surface area contributed by atoms with E-state index in [9.17, 15) is 0 Å². The van der Waals surface area contributed by atoms with Crippen LogP contribution in [0.25, 0.3) is 5.78 Å². The molecule has 0 unspecified atom stereocenters. The molecule has 1 N–H and O–H groups in total. The van der Waals surface area contributed by atoms with E-state index >= 15 is 0 Å². The molecular formula is C17H17N7. The van der Waals surface area contributed by atoms with Crippen molar-refractivity contribution in [1.82, 2.24) is 29.4 Å². The molecule has 0 fully saturated rings. The van der Waals surface area contributed by atoms with Crippen LogP contribution in [0.15, 0.2) is 55.1 Å². The zero-order valence-corrected chi connectivity index (χ0v) is 13.3. The molecule has 0 radical (unpaired) electrons. The molecule has 0 amide bonds. The van der Waals surface area contributed by atoms with Crippen LogP contribution in [0.1, 0.15) is 16.8 Å². The Balaban J connectivity index is 1.58. The third kappa shape index (κ3) is 2.83. The summed E-state index contributed by atoms with van der Waals surface area (Å²) >= 11 is 0. The molecule has 4 rings (SSSR count). The molecule has 1 aromatic carbocycles. The molecule has 7 heteroatoms. The standard InChI is InChI=1S/C17H17N7/c1-13-9-16(24-17(22-13)19-12-21-24)18-10-14-5-2-3-6-15(14)11-23-8-4-7-20-23/h2-9,12,18H,10-11H2,1H3. The van der Waals surface area contributed by atoms with Gasteiger partial charge in [0.15, 0.2) is 0 Å². The smallest absolute Gasteiger partial charge is 0.254 e. The van der Waals surface area contributed by atoms with Crippen molar-refractivity contribution in [3.63, 3.8) is 0 Å². The van der Waals surface area contributed by atoms with Crippen LogP contribution in [-0.4, -0.2) is 29.4 Å². The highest BCUT2D eigenvalue weighted by atomic mass is 15.3. The predicted octanol–water partition coefficient (Wildman–Crippen LogP) is 2.29. The van der Waals surface area contributed by atoms with Gasteiger partial charge in [0.2, 0.25) is 0 Å². The minimum atomic E-state index is 0.599. The van der Waals surface area contributed by atoms with E-state index in [1.54, 1.807) is 10.7 Å². The number of aryl methyl sites for hydroxylation is 1. The van der Waals surface area contributed by atoms with E-state index in [1.165, 1.54) is 17.5 Å². The third-order valence-electron chi connectivity index (χ3n) is 3.85. The van der Waals surface area contributed by atoms with E-state index in [2.05, 4.69) is 43.7 Å². The van der Waals surface area contributed by atoms with Crippen LogP contribution in [0.3, 0.4) is 0 Å². The highest BCUT2D eigenvalue weighted by molar-refractivity contribution is 5.45. The maximum atomic E-state index is 4.36. The van der Waals surface area contributed by atoms with Gasteiger partial charge in [0.05, 0.1) is 6.54 Å². The highest BCUT2D eigenvalue weighted by Crippen LogP contribution is 2.15. The summed E-state index contributed by atoms with van der Waals surface area (Å²) in [7, 11) is 0. The quantitative estimate of drug-likeness (QED) is 0.611. The number of rotatable bonds is 5. The Morgan fingerprint density at radius 2 is 1.96 bits per heavy atom. The van der Waals surface area contributed by atoms with E-state index in [-0.39, 0.29) is 0 Å². The van der Waals surface area contributed by atoms with E-state index in [0.29, 0.717) is 12.3 Å². The molecule has 3 heterocycles. The maximum Gasteiger partial charge on any atom is 0.254 e. The second-order valence-electron chi connectivity index (χ2n) is 5.58. The number of nitrogens with one attached hydrogen (secondary N) is 1. The molecule has 0 atom stereocenters. The van der Waals surface area contributed by atoms with E-state index in [4.69, 9.17) is 0 Å². The number of fused-ring (bicyclic) bond motifs is 1. The fourth-order valence-electron chi connectivity index (χ4n) is 2.70. The summed E-state index contributed by atoms with van der Waals surface area (Å²) in [4.78, 5) is 8.51. The third-order valence-corrected chi connectivity index (χ3v) is 3.85. The summed E-state index contributed by atoms with van der Waals surface area (Å²) in [6, 6.07) is 12.3. The monoisotopic (exact) mass is 319 g/mol. The number of anilines is 1. The molecule has 0 spiro atoms. The topological polar surface area (TPSA) is 72.9 Å². The van der Waals surface area contributed by atoms with Gasteiger partial charge in [-0.25, -0.2) is 4.98 Å². The number of hydrogen-bond acceptors (Lipinski definition) is 5. The van der Waals surface area contributed by atoms with E-state index in [0.717, 1.165) is 18.1 Å². The molecule has 0 aliphatic carbocycles. The minimum Gasteiger partial charge on any atom is -0.366 e. The van der Waals surface area contributed by atoms with Gasteiger partial charge in [-0.05, 0) is 24.1 Å².